The third kappa shape index (κ3) is 4.35. The SMILES string of the molecule is COCCOc1c(Cl)cccc1NS(=O)(=O)c1ccc([N+](=O)[O-])s1. The molecule has 1 aromatic carbocycles. The molecular weight excluding hydrogens is 380 g/mol. The van der Waals surface area contributed by atoms with E-state index >= 15 is 0 Å². The summed E-state index contributed by atoms with van der Waals surface area (Å²) in [4.78, 5) is 10.0. The van der Waals surface area contributed by atoms with Crippen LogP contribution in [0.5, 0.6) is 5.75 Å². The van der Waals surface area contributed by atoms with E-state index < -0.39 is 14.9 Å². The predicted octanol–water partition coefficient (Wildman–Crippen LogP) is 3.14. The lowest BCUT2D eigenvalue weighted by atomic mass is 10.3. The van der Waals surface area contributed by atoms with Crippen molar-refractivity contribution in [2.24, 2.45) is 0 Å². The fourth-order valence-electron chi connectivity index (χ4n) is 1.71. The molecule has 0 aliphatic heterocycles. The molecule has 0 aliphatic carbocycles. The van der Waals surface area contributed by atoms with Gasteiger partial charge < -0.3 is 9.47 Å². The molecule has 0 saturated heterocycles. The number of hydrogen-bond donors (Lipinski definition) is 1. The first kappa shape index (κ1) is 18.5. The summed E-state index contributed by atoms with van der Waals surface area (Å²) in [5, 5.41) is 10.7. The fraction of sp³-hybridized carbons (Fsp3) is 0.231. The molecule has 1 N–H and O–H groups in total. The maximum Gasteiger partial charge on any atom is 0.325 e. The molecule has 0 bridgehead atoms. The van der Waals surface area contributed by atoms with Crippen LogP contribution in [0.4, 0.5) is 10.7 Å². The first-order chi connectivity index (χ1) is 11.3. The highest BCUT2D eigenvalue weighted by atomic mass is 35.5. The highest BCUT2D eigenvalue weighted by Gasteiger charge is 2.23. The smallest absolute Gasteiger partial charge is 0.325 e. The van der Waals surface area contributed by atoms with Crippen molar-refractivity contribution >= 4 is 43.6 Å². The Morgan fingerprint density at radius 1 is 1.29 bits per heavy atom. The third-order valence-electron chi connectivity index (χ3n) is 2.76. The average Bonchev–Trinajstić information content (AvgIpc) is 3.01. The molecule has 0 amide bonds. The molecule has 2 aromatic rings. The fourth-order valence-corrected chi connectivity index (χ4v) is 4.11. The molecule has 0 spiro atoms. The van der Waals surface area contributed by atoms with Crippen molar-refractivity contribution in [3.8, 4) is 5.75 Å². The molecule has 0 unspecified atom stereocenters. The van der Waals surface area contributed by atoms with Gasteiger partial charge in [0, 0.05) is 13.2 Å². The number of nitro groups is 1. The molecule has 0 radical (unpaired) electrons. The topological polar surface area (TPSA) is 108 Å². The van der Waals surface area contributed by atoms with E-state index in [1.165, 1.54) is 19.2 Å². The molecule has 24 heavy (non-hydrogen) atoms. The maximum atomic E-state index is 12.4. The summed E-state index contributed by atoms with van der Waals surface area (Å²) in [6, 6.07) is 6.89. The zero-order chi connectivity index (χ0) is 17.7. The van der Waals surface area contributed by atoms with Crippen LogP contribution in [0.1, 0.15) is 0 Å². The van der Waals surface area contributed by atoms with Crippen molar-refractivity contribution in [1.82, 2.24) is 0 Å². The first-order valence-corrected chi connectivity index (χ1v) is 9.20. The monoisotopic (exact) mass is 392 g/mol. The van der Waals surface area contributed by atoms with E-state index in [4.69, 9.17) is 21.1 Å². The maximum absolute atomic E-state index is 12.4. The number of anilines is 1. The van der Waals surface area contributed by atoms with Crippen LogP contribution >= 0.6 is 22.9 Å². The summed E-state index contributed by atoms with van der Waals surface area (Å²) in [6.07, 6.45) is 0. The number of halogens is 1. The minimum Gasteiger partial charge on any atom is -0.487 e. The molecule has 130 valence electrons. The minimum atomic E-state index is -4.00. The van der Waals surface area contributed by atoms with E-state index in [0.717, 1.165) is 6.07 Å². The number of nitrogens with one attached hydrogen (secondary N) is 1. The number of para-hydroxylation sites is 1. The van der Waals surface area contributed by atoms with E-state index in [-0.39, 0.29) is 32.3 Å². The number of ether oxygens (including phenoxy) is 2. The van der Waals surface area contributed by atoms with Crippen LogP contribution in [0.2, 0.25) is 5.02 Å². The number of thiophene rings is 1. The Bertz CT molecular complexity index is 837. The van der Waals surface area contributed by atoms with Crippen LogP contribution < -0.4 is 9.46 Å². The van der Waals surface area contributed by atoms with E-state index in [9.17, 15) is 18.5 Å². The normalized spacial score (nSPS) is 11.2. The van der Waals surface area contributed by atoms with Gasteiger partial charge in [-0.15, -0.1) is 0 Å². The molecule has 1 aromatic heterocycles. The van der Waals surface area contributed by atoms with E-state index in [0.29, 0.717) is 17.9 Å². The van der Waals surface area contributed by atoms with Crippen LogP contribution in [-0.4, -0.2) is 33.7 Å². The van der Waals surface area contributed by atoms with Gasteiger partial charge in [0.1, 0.15) is 10.8 Å². The second-order valence-electron chi connectivity index (χ2n) is 4.41. The Morgan fingerprint density at radius 2 is 2.04 bits per heavy atom. The summed E-state index contributed by atoms with van der Waals surface area (Å²) < 4.78 is 37.2. The van der Waals surface area contributed by atoms with Gasteiger partial charge in [-0.25, -0.2) is 8.42 Å². The van der Waals surface area contributed by atoms with Gasteiger partial charge in [0.2, 0.25) is 0 Å². The van der Waals surface area contributed by atoms with Gasteiger partial charge in [0.15, 0.2) is 5.75 Å². The Hall–Kier alpha value is -1.88. The quantitative estimate of drug-likeness (QED) is 0.420. The standard InChI is InChI=1S/C13H13ClN2O6S2/c1-21-7-8-22-13-9(14)3-2-4-10(13)15-24(19,20)12-6-5-11(23-12)16(17)18/h2-6,15H,7-8H2,1H3. The Kier molecular flexibility index (Phi) is 5.99. The van der Waals surface area contributed by atoms with E-state index in [1.807, 2.05) is 0 Å². The molecule has 0 saturated carbocycles. The molecule has 8 nitrogen and oxygen atoms in total. The average molecular weight is 393 g/mol. The van der Waals surface area contributed by atoms with Gasteiger partial charge in [0.05, 0.1) is 22.2 Å². The molecular formula is C13H13ClN2O6S2. The van der Waals surface area contributed by atoms with Gasteiger partial charge >= 0.3 is 5.00 Å². The molecule has 0 atom stereocenters. The summed E-state index contributed by atoms with van der Waals surface area (Å²) in [7, 11) is -2.50. The van der Waals surface area contributed by atoms with Crippen LogP contribution in [-0.2, 0) is 14.8 Å². The zero-order valence-electron chi connectivity index (χ0n) is 12.4. The van der Waals surface area contributed by atoms with Crippen molar-refractivity contribution in [2.45, 2.75) is 4.21 Å². The molecule has 2 rings (SSSR count). The van der Waals surface area contributed by atoms with Crippen molar-refractivity contribution in [3.05, 3.63) is 45.5 Å². The Labute approximate surface area is 147 Å². The second kappa shape index (κ2) is 7.79. The first-order valence-electron chi connectivity index (χ1n) is 6.52. The number of hydrogen-bond acceptors (Lipinski definition) is 7. The Morgan fingerprint density at radius 3 is 2.67 bits per heavy atom. The molecule has 11 heteroatoms. The predicted molar refractivity (Wildman–Crippen MR) is 90.6 cm³/mol. The lowest BCUT2D eigenvalue weighted by molar-refractivity contribution is -0.380. The molecule has 1 heterocycles. The second-order valence-corrected chi connectivity index (χ2v) is 7.79. The highest BCUT2D eigenvalue weighted by molar-refractivity contribution is 7.94. The van der Waals surface area contributed by atoms with Crippen molar-refractivity contribution in [1.29, 1.82) is 0 Å². The van der Waals surface area contributed by atoms with Crippen molar-refractivity contribution in [3.63, 3.8) is 0 Å². The van der Waals surface area contributed by atoms with Crippen molar-refractivity contribution < 1.29 is 22.8 Å². The molecule has 0 fully saturated rings. The summed E-state index contributed by atoms with van der Waals surface area (Å²) in [6.45, 7) is 0.480. The lowest BCUT2D eigenvalue weighted by Gasteiger charge is -2.14. The Balaban J connectivity index is 2.28. The van der Waals surface area contributed by atoms with Gasteiger partial charge in [-0.1, -0.05) is 17.7 Å². The van der Waals surface area contributed by atoms with Crippen LogP contribution in [0.25, 0.3) is 0 Å². The van der Waals surface area contributed by atoms with Gasteiger partial charge in [-0.05, 0) is 29.5 Å². The molecule has 0 aliphatic rings. The summed E-state index contributed by atoms with van der Waals surface area (Å²) in [5.74, 6) is 0.158. The largest absolute Gasteiger partial charge is 0.487 e. The van der Waals surface area contributed by atoms with Crippen LogP contribution in [0, 0.1) is 10.1 Å². The van der Waals surface area contributed by atoms with E-state index in [2.05, 4.69) is 4.72 Å². The van der Waals surface area contributed by atoms with Gasteiger partial charge in [-0.3, -0.25) is 14.8 Å². The number of nitrogens with zero attached hydrogens (tertiary/aromatic N) is 1. The van der Waals surface area contributed by atoms with Crippen LogP contribution in [0.15, 0.2) is 34.5 Å². The van der Waals surface area contributed by atoms with Crippen LogP contribution in [0.3, 0.4) is 0 Å². The minimum absolute atomic E-state index is 0.134. The summed E-state index contributed by atoms with van der Waals surface area (Å²) >= 11 is 6.60. The summed E-state index contributed by atoms with van der Waals surface area (Å²) in [5.41, 5.74) is 0.134. The van der Waals surface area contributed by atoms with Crippen molar-refractivity contribution in [2.75, 3.05) is 25.0 Å². The van der Waals surface area contributed by atoms with E-state index in [1.54, 1.807) is 12.1 Å². The highest BCUT2D eigenvalue weighted by Crippen LogP contribution is 2.35. The van der Waals surface area contributed by atoms with Gasteiger partial charge in [0.25, 0.3) is 10.0 Å². The number of sulfonamides is 1. The number of methoxy groups -OCH3 is 1. The van der Waals surface area contributed by atoms with Gasteiger partial charge in [-0.2, -0.15) is 0 Å². The lowest BCUT2D eigenvalue weighted by Crippen LogP contribution is -2.13. The third-order valence-corrected chi connectivity index (χ3v) is 5.95. The zero-order valence-corrected chi connectivity index (χ0v) is 14.8. The number of rotatable bonds is 8. The number of benzene rings is 1.